The zero-order chi connectivity index (χ0) is 15.9. The largest absolute Gasteiger partial charge is 0.482 e. The van der Waals surface area contributed by atoms with Gasteiger partial charge in [0.1, 0.15) is 5.75 Å². The topological polar surface area (TPSA) is 67.4 Å². The summed E-state index contributed by atoms with van der Waals surface area (Å²) < 4.78 is 5.29. The molecule has 0 bridgehead atoms. The fraction of sp³-hybridized carbons (Fsp3) is 0.500. The molecule has 1 fully saturated rings. The highest BCUT2D eigenvalue weighted by atomic mass is 35.5. The number of halogens is 1. The first-order chi connectivity index (χ1) is 10.6. The van der Waals surface area contributed by atoms with Crippen molar-refractivity contribution in [2.45, 2.75) is 38.6 Å². The van der Waals surface area contributed by atoms with Crippen LogP contribution in [0.25, 0.3) is 0 Å². The van der Waals surface area contributed by atoms with Gasteiger partial charge in [-0.25, -0.2) is 4.79 Å². The van der Waals surface area contributed by atoms with Crippen LogP contribution >= 0.6 is 11.6 Å². The van der Waals surface area contributed by atoms with E-state index in [0.29, 0.717) is 16.7 Å². The van der Waals surface area contributed by atoms with E-state index in [0.717, 1.165) is 19.3 Å². The number of amides is 3. The van der Waals surface area contributed by atoms with Crippen molar-refractivity contribution in [1.82, 2.24) is 10.6 Å². The highest BCUT2D eigenvalue weighted by Gasteiger charge is 2.23. The summed E-state index contributed by atoms with van der Waals surface area (Å²) in [6, 6.07) is 6.54. The van der Waals surface area contributed by atoms with E-state index in [1.165, 1.54) is 6.42 Å². The Hall–Kier alpha value is -1.75. The number of hydrogen-bond donors (Lipinski definition) is 2. The summed E-state index contributed by atoms with van der Waals surface area (Å²) in [5, 5.41) is 5.56. The molecule has 0 unspecified atom stereocenters. The molecule has 2 N–H and O–H groups in total. The van der Waals surface area contributed by atoms with E-state index in [1.54, 1.807) is 24.3 Å². The zero-order valence-corrected chi connectivity index (χ0v) is 13.4. The van der Waals surface area contributed by atoms with Crippen molar-refractivity contribution >= 4 is 23.5 Å². The van der Waals surface area contributed by atoms with Crippen molar-refractivity contribution in [2.24, 2.45) is 5.92 Å². The Morgan fingerprint density at radius 1 is 1.27 bits per heavy atom. The van der Waals surface area contributed by atoms with Gasteiger partial charge < -0.3 is 10.1 Å². The van der Waals surface area contributed by atoms with Crippen molar-refractivity contribution in [2.75, 3.05) is 6.61 Å². The maximum Gasteiger partial charge on any atom is 0.321 e. The van der Waals surface area contributed by atoms with Gasteiger partial charge in [-0.1, -0.05) is 43.5 Å². The van der Waals surface area contributed by atoms with Gasteiger partial charge in [0.25, 0.3) is 5.91 Å². The minimum Gasteiger partial charge on any atom is -0.482 e. The Morgan fingerprint density at radius 2 is 2.00 bits per heavy atom. The second-order valence-corrected chi connectivity index (χ2v) is 6.02. The lowest BCUT2D eigenvalue weighted by Gasteiger charge is -2.29. The number of imide groups is 1. The van der Waals surface area contributed by atoms with Gasteiger partial charge in [0.15, 0.2) is 6.61 Å². The van der Waals surface area contributed by atoms with Crippen LogP contribution in [0.1, 0.15) is 32.6 Å². The summed E-state index contributed by atoms with van der Waals surface area (Å²) >= 11 is 5.92. The molecule has 3 amide bonds. The molecule has 6 heteroatoms. The number of hydrogen-bond acceptors (Lipinski definition) is 3. The maximum atomic E-state index is 11.8. The first-order valence-electron chi connectivity index (χ1n) is 7.54. The molecule has 2 atom stereocenters. The van der Waals surface area contributed by atoms with Crippen LogP contribution in [-0.4, -0.2) is 24.6 Å². The van der Waals surface area contributed by atoms with Crippen LogP contribution < -0.4 is 15.4 Å². The van der Waals surface area contributed by atoms with E-state index < -0.39 is 11.9 Å². The normalized spacial score (nSPS) is 21.0. The molecule has 1 saturated carbocycles. The number of urea groups is 1. The van der Waals surface area contributed by atoms with Gasteiger partial charge in [0, 0.05) is 6.04 Å². The number of carbonyl (C=O) groups excluding carboxylic acids is 2. The Balaban J connectivity index is 1.74. The molecule has 0 aromatic heterocycles. The highest BCUT2D eigenvalue weighted by Crippen LogP contribution is 2.24. The lowest BCUT2D eigenvalue weighted by molar-refractivity contribution is -0.122. The Morgan fingerprint density at radius 3 is 2.73 bits per heavy atom. The number of carbonyl (C=O) groups is 2. The molecule has 1 aromatic carbocycles. The second kappa shape index (κ2) is 8.03. The van der Waals surface area contributed by atoms with Crippen molar-refractivity contribution in [3.8, 4) is 5.75 Å². The van der Waals surface area contributed by atoms with E-state index in [-0.39, 0.29) is 12.6 Å². The SMILES string of the molecule is C[C@@H]1CCCC[C@H]1NC(=O)NC(=O)COc1ccccc1Cl. The van der Waals surface area contributed by atoms with Gasteiger partial charge in [0.05, 0.1) is 5.02 Å². The third-order valence-corrected chi connectivity index (χ3v) is 4.19. The highest BCUT2D eigenvalue weighted by molar-refractivity contribution is 6.32. The predicted octanol–water partition coefficient (Wildman–Crippen LogP) is 3.12. The van der Waals surface area contributed by atoms with E-state index in [1.807, 2.05) is 0 Å². The summed E-state index contributed by atoms with van der Waals surface area (Å²) in [5.74, 6) is 0.357. The van der Waals surface area contributed by atoms with Crippen LogP contribution in [0.15, 0.2) is 24.3 Å². The van der Waals surface area contributed by atoms with E-state index in [4.69, 9.17) is 16.3 Å². The van der Waals surface area contributed by atoms with Gasteiger partial charge in [0.2, 0.25) is 0 Å². The van der Waals surface area contributed by atoms with Crippen LogP contribution in [0.2, 0.25) is 5.02 Å². The van der Waals surface area contributed by atoms with Gasteiger partial charge in [-0.2, -0.15) is 0 Å². The molecule has 0 aliphatic heterocycles. The maximum absolute atomic E-state index is 11.8. The van der Waals surface area contributed by atoms with Crippen LogP contribution in [0, 0.1) is 5.92 Å². The van der Waals surface area contributed by atoms with E-state index in [2.05, 4.69) is 17.6 Å². The minimum atomic E-state index is -0.499. The zero-order valence-electron chi connectivity index (χ0n) is 12.6. The molecule has 1 aliphatic rings. The molecule has 5 nitrogen and oxygen atoms in total. The summed E-state index contributed by atoms with van der Waals surface area (Å²) in [6.07, 6.45) is 4.37. The van der Waals surface area contributed by atoms with Crippen molar-refractivity contribution in [3.63, 3.8) is 0 Å². The van der Waals surface area contributed by atoms with Crippen molar-refractivity contribution in [3.05, 3.63) is 29.3 Å². The summed E-state index contributed by atoms with van der Waals surface area (Å²) in [5.41, 5.74) is 0. The summed E-state index contributed by atoms with van der Waals surface area (Å²) in [6.45, 7) is 1.86. The van der Waals surface area contributed by atoms with Crippen LogP contribution in [0.3, 0.4) is 0 Å². The van der Waals surface area contributed by atoms with Gasteiger partial charge in [-0.05, 0) is 30.9 Å². The van der Waals surface area contributed by atoms with E-state index in [9.17, 15) is 9.59 Å². The molecule has 120 valence electrons. The molecule has 0 spiro atoms. The lowest BCUT2D eigenvalue weighted by atomic mass is 9.86. The Bertz CT molecular complexity index is 536. The number of ether oxygens (including phenoxy) is 1. The summed E-state index contributed by atoms with van der Waals surface area (Å²) in [7, 11) is 0. The quantitative estimate of drug-likeness (QED) is 0.894. The number of nitrogens with one attached hydrogen (secondary N) is 2. The average Bonchev–Trinajstić information content (AvgIpc) is 2.49. The van der Waals surface area contributed by atoms with E-state index >= 15 is 0 Å². The lowest BCUT2D eigenvalue weighted by Crippen LogP contribution is -2.48. The first-order valence-corrected chi connectivity index (χ1v) is 7.91. The Kier molecular flexibility index (Phi) is 6.07. The minimum absolute atomic E-state index is 0.131. The fourth-order valence-corrected chi connectivity index (χ4v) is 2.79. The summed E-state index contributed by atoms with van der Waals surface area (Å²) in [4.78, 5) is 23.5. The van der Waals surface area contributed by atoms with Crippen molar-refractivity contribution in [1.29, 1.82) is 0 Å². The molecule has 22 heavy (non-hydrogen) atoms. The van der Waals surface area contributed by atoms with Crippen molar-refractivity contribution < 1.29 is 14.3 Å². The Labute approximate surface area is 135 Å². The fourth-order valence-electron chi connectivity index (χ4n) is 2.60. The number of benzene rings is 1. The third-order valence-electron chi connectivity index (χ3n) is 3.88. The molecule has 2 rings (SSSR count). The molecular weight excluding hydrogens is 304 g/mol. The second-order valence-electron chi connectivity index (χ2n) is 5.61. The number of rotatable bonds is 4. The third kappa shape index (κ3) is 4.91. The van der Waals surface area contributed by atoms with Crippen LogP contribution in [0.4, 0.5) is 4.79 Å². The molecule has 0 heterocycles. The molecule has 0 radical (unpaired) electrons. The predicted molar refractivity (Wildman–Crippen MR) is 85.0 cm³/mol. The van der Waals surface area contributed by atoms with Crippen LogP contribution in [-0.2, 0) is 4.79 Å². The van der Waals surface area contributed by atoms with Gasteiger partial charge in [-0.3, -0.25) is 10.1 Å². The monoisotopic (exact) mass is 324 g/mol. The smallest absolute Gasteiger partial charge is 0.321 e. The molecular formula is C16H21ClN2O3. The first kappa shape index (κ1) is 16.6. The average molecular weight is 325 g/mol. The van der Waals surface area contributed by atoms with Gasteiger partial charge >= 0.3 is 6.03 Å². The number of para-hydroxylation sites is 1. The molecule has 1 aliphatic carbocycles. The van der Waals surface area contributed by atoms with Gasteiger partial charge in [-0.15, -0.1) is 0 Å². The standard InChI is InChI=1S/C16H21ClN2O3/c1-11-6-2-4-8-13(11)18-16(21)19-15(20)10-22-14-9-5-3-7-12(14)17/h3,5,7,9,11,13H,2,4,6,8,10H2,1H3,(H2,18,19,20,21)/t11-,13-/m1/s1. The van der Waals surface area contributed by atoms with Crippen LogP contribution in [0.5, 0.6) is 5.75 Å². The molecule has 0 saturated heterocycles. The molecule has 1 aromatic rings.